The van der Waals surface area contributed by atoms with Crippen molar-refractivity contribution in [2.45, 2.75) is 51.7 Å². The molecule has 2 aromatic rings. The molecule has 0 heterocycles. The van der Waals surface area contributed by atoms with Gasteiger partial charge < -0.3 is 15.4 Å². The molecule has 0 atom stereocenters. The number of ether oxygens (including phenoxy) is 1. The number of nitrogens with zero attached hydrogens (tertiary/aromatic N) is 2. The molecule has 0 fully saturated rings. The van der Waals surface area contributed by atoms with E-state index in [0.29, 0.717) is 19.0 Å². The van der Waals surface area contributed by atoms with Gasteiger partial charge in [-0.1, -0.05) is 24.3 Å². The average molecular weight is 447 g/mol. The fraction of sp³-hybridized carbons (Fsp3) is 0.435. The van der Waals surface area contributed by atoms with Crippen LogP contribution in [0.2, 0.25) is 0 Å². The van der Waals surface area contributed by atoms with Crippen molar-refractivity contribution in [3.63, 3.8) is 0 Å². The summed E-state index contributed by atoms with van der Waals surface area (Å²) < 4.78 is 32.0. The monoisotopic (exact) mass is 446 g/mol. The second-order valence-electron chi connectivity index (χ2n) is 7.62. The lowest BCUT2D eigenvalue weighted by molar-refractivity contribution is 0.408. The van der Waals surface area contributed by atoms with Gasteiger partial charge in [-0.3, -0.25) is 0 Å². The van der Waals surface area contributed by atoms with Crippen molar-refractivity contribution in [3.8, 4) is 5.75 Å². The normalized spacial score (nSPS) is 12.3. The lowest BCUT2D eigenvalue weighted by Crippen LogP contribution is -2.36. The Labute approximate surface area is 186 Å². The molecule has 0 aliphatic carbocycles. The number of hydrogen-bond acceptors (Lipinski definition) is 4. The maximum atomic E-state index is 12.6. The fourth-order valence-electron chi connectivity index (χ4n) is 2.90. The van der Waals surface area contributed by atoms with Crippen molar-refractivity contribution in [3.05, 3.63) is 59.2 Å². The number of methoxy groups -OCH3 is 1. The number of aryl methyl sites for hydroxylation is 1. The van der Waals surface area contributed by atoms with Gasteiger partial charge in [-0.05, 0) is 57.0 Å². The van der Waals surface area contributed by atoms with Crippen molar-refractivity contribution in [1.29, 1.82) is 0 Å². The average Bonchev–Trinajstić information content (AvgIpc) is 2.75. The van der Waals surface area contributed by atoms with E-state index >= 15 is 0 Å². The number of guanidine groups is 1. The zero-order valence-electron chi connectivity index (χ0n) is 19.3. The second-order valence-corrected chi connectivity index (χ2v) is 9.62. The van der Waals surface area contributed by atoms with Crippen molar-refractivity contribution in [2.75, 3.05) is 20.7 Å². The zero-order valence-corrected chi connectivity index (χ0v) is 20.1. The van der Waals surface area contributed by atoms with E-state index in [0.717, 1.165) is 29.0 Å². The highest BCUT2D eigenvalue weighted by molar-refractivity contribution is 7.89. The molecule has 0 aromatic heterocycles. The summed E-state index contributed by atoms with van der Waals surface area (Å²) in [6, 6.07) is 12.9. The molecule has 31 heavy (non-hydrogen) atoms. The Morgan fingerprint density at radius 3 is 2.39 bits per heavy atom. The number of benzene rings is 2. The van der Waals surface area contributed by atoms with Gasteiger partial charge in [-0.15, -0.1) is 0 Å². The van der Waals surface area contributed by atoms with E-state index in [1.165, 1.54) is 4.31 Å². The molecule has 2 N–H and O–H groups in total. The minimum atomic E-state index is -3.48. The first-order valence-corrected chi connectivity index (χ1v) is 11.9. The second kappa shape index (κ2) is 11.2. The molecule has 0 saturated heterocycles. The van der Waals surface area contributed by atoms with Crippen molar-refractivity contribution in [1.82, 2.24) is 14.9 Å². The van der Waals surface area contributed by atoms with Crippen LogP contribution in [-0.2, 0) is 23.1 Å². The van der Waals surface area contributed by atoms with Crippen LogP contribution in [-0.4, -0.2) is 45.4 Å². The molecule has 8 heteroatoms. The summed E-state index contributed by atoms with van der Waals surface area (Å²) in [6.45, 7) is 9.48. The molecule has 0 radical (unpaired) electrons. The van der Waals surface area contributed by atoms with E-state index in [1.807, 2.05) is 39.8 Å². The molecule has 0 aliphatic heterocycles. The van der Waals surface area contributed by atoms with Gasteiger partial charge in [0.05, 0.1) is 18.6 Å². The third-order valence-corrected chi connectivity index (χ3v) is 7.03. The Balaban J connectivity index is 2.08. The molecular formula is C23H34N4O3S. The van der Waals surface area contributed by atoms with Crippen molar-refractivity contribution >= 4 is 16.0 Å². The highest BCUT2D eigenvalue weighted by atomic mass is 32.2. The molecule has 0 saturated carbocycles. The largest absolute Gasteiger partial charge is 0.496 e. The first kappa shape index (κ1) is 24.7. The summed E-state index contributed by atoms with van der Waals surface area (Å²) >= 11 is 0. The van der Waals surface area contributed by atoms with Crippen LogP contribution in [0.15, 0.2) is 52.4 Å². The number of hydrogen-bond donors (Lipinski definition) is 2. The van der Waals surface area contributed by atoms with Gasteiger partial charge >= 0.3 is 0 Å². The molecule has 7 nitrogen and oxygen atoms in total. The van der Waals surface area contributed by atoms with Crippen LogP contribution in [0.25, 0.3) is 0 Å². The lowest BCUT2D eigenvalue weighted by Gasteiger charge is -2.21. The topological polar surface area (TPSA) is 83.0 Å². The van der Waals surface area contributed by atoms with Gasteiger partial charge in [-0.25, -0.2) is 13.4 Å². The summed E-state index contributed by atoms with van der Waals surface area (Å²) in [5.74, 6) is 1.52. The summed E-state index contributed by atoms with van der Waals surface area (Å²) in [5.41, 5.74) is 3.12. The molecule has 0 spiro atoms. The standard InChI is InChI=1S/C23H34N4O3S/c1-7-24-23(26-16-20-11-8-18(4)14-22(20)30-6)25-15-19-9-12-21(13-10-19)31(28,29)27(5)17(2)3/h8-14,17H,7,15-16H2,1-6H3,(H2,24,25,26). The molecule has 2 rings (SSSR count). The van der Waals surface area contributed by atoms with Crippen LogP contribution in [0.3, 0.4) is 0 Å². The Bertz CT molecular complexity index is 986. The van der Waals surface area contributed by atoms with E-state index in [9.17, 15) is 8.42 Å². The van der Waals surface area contributed by atoms with Crippen LogP contribution in [0.4, 0.5) is 0 Å². The molecular weight excluding hydrogens is 412 g/mol. The number of nitrogens with one attached hydrogen (secondary N) is 2. The maximum absolute atomic E-state index is 12.6. The molecule has 0 bridgehead atoms. The van der Waals surface area contributed by atoms with Crippen LogP contribution >= 0.6 is 0 Å². The molecule has 0 amide bonds. The highest BCUT2D eigenvalue weighted by Gasteiger charge is 2.22. The van der Waals surface area contributed by atoms with Gasteiger partial charge in [0.25, 0.3) is 0 Å². The lowest BCUT2D eigenvalue weighted by atomic mass is 10.1. The van der Waals surface area contributed by atoms with E-state index < -0.39 is 10.0 Å². The predicted octanol–water partition coefficient (Wildman–Crippen LogP) is 3.29. The number of rotatable bonds is 9. The van der Waals surface area contributed by atoms with Gasteiger partial charge in [0.2, 0.25) is 10.0 Å². The van der Waals surface area contributed by atoms with Crippen molar-refractivity contribution in [2.24, 2.45) is 4.99 Å². The van der Waals surface area contributed by atoms with E-state index in [2.05, 4.69) is 21.7 Å². The quantitative estimate of drug-likeness (QED) is 0.456. The van der Waals surface area contributed by atoms with Crippen molar-refractivity contribution < 1.29 is 13.2 Å². The SMILES string of the molecule is CCNC(=NCc1ccc(S(=O)(=O)N(C)C(C)C)cc1)NCc1ccc(C)cc1OC. The summed E-state index contributed by atoms with van der Waals surface area (Å²) in [7, 11) is -0.223. The Hall–Kier alpha value is -2.58. The molecule has 0 aliphatic rings. The first-order valence-electron chi connectivity index (χ1n) is 10.4. The van der Waals surface area contributed by atoms with Crippen LogP contribution in [0, 0.1) is 6.92 Å². The summed E-state index contributed by atoms with van der Waals surface area (Å²) in [4.78, 5) is 4.91. The smallest absolute Gasteiger partial charge is 0.243 e. The molecule has 2 aromatic carbocycles. The first-order chi connectivity index (χ1) is 14.7. The van der Waals surface area contributed by atoms with Gasteiger partial charge in [-0.2, -0.15) is 4.31 Å². The maximum Gasteiger partial charge on any atom is 0.243 e. The Kier molecular flexibility index (Phi) is 8.88. The van der Waals surface area contributed by atoms with Gasteiger partial charge in [0.1, 0.15) is 5.75 Å². The predicted molar refractivity (Wildman–Crippen MR) is 126 cm³/mol. The molecule has 170 valence electrons. The Morgan fingerprint density at radius 1 is 1.13 bits per heavy atom. The third kappa shape index (κ3) is 6.70. The fourth-order valence-corrected chi connectivity index (χ4v) is 4.27. The van der Waals surface area contributed by atoms with E-state index in [4.69, 9.17) is 4.74 Å². The van der Waals surface area contributed by atoms with E-state index in [1.54, 1.807) is 38.4 Å². The third-order valence-electron chi connectivity index (χ3n) is 4.98. The minimum Gasteiger partial charge on any atom is -0.496 e. The van der Waals surface area contributed by atoms with Crippen LogP contribution < -0.4 is 15.4 Å². The van der Waals surface area contributed by atoms with E-state index in [-0.39, 0.29) is 10.9 Å². The molecule has 0 unspecified atom stereocenters. The summed E-state index contributed by atoms with van der Waals surface area (Å²) in [5, 5.41) is 6.55. The van der Waals surface area contributed by atoms with Gasteiger partial charge in [0.15, 0.2) is 5.96 Å². The number of aliphatic imine (C=N–C) groups is 1. The van der Waals surface area contributed by atoms with Gasteiger partial charge in [0, 0.05) is 31.7 Å². The minimum absolute atomic E-state index is 0.102. The summed E-state index contributed by atoms with van der Waals surface area (Å²) in [6.07, 6.45) is 0. The van der Waals surface area contributed by atoms with Crippen LogP contribution in [0.1, 0.15) is 37.5 Å². The highest BCUT2D eigenvalue weighted by Crippen LogP contribution is 2.20. The Morgan fingerprint density at radius 2 is 1.81 bits per heavy atom. The zero-order chi connectivity index (χ0) is 23.0. The van der Waals surface area contributed by atoms with Crippen LogP contribution in [0.5, 0.6) is 5.75 Å². The number of sulfonamides is 1.